The lowest BCUT2D eigenvalue weighted by atomic mass is 10.1. The van der Waals surface area contributed by atoms with E-state index in [1.54, 1.807) is 12.1 Å². The summed E-state index contributed by atoms with van der Waals surface area (Å²) >= 11 is 0. The number of carboxylic acid groups (broad SMARTS) is 1. The second-order valence-electron chi connectivity index (χ2n) is 10.6. The number of carboxylic acids is 1. The van der Waals surface area contributed by atoms with E-state index in [1.807, 2.05) is 18.2 Å². The SMILES string of the molecule is [C-]#[N+]C(=Cc1ccc(-c2ccc3c(c2)c2ccccc2n3-c2ccc(-n3c4ccccc4c4ccccc43)cc2)o1)C(=O)O. The van der Waals surface area contributed by atoms with Crippen molar-refractivity contribution in [3.05, 3.63) is 150 Å². The molecule has 8 aromatic rings. The second kappa shape index (κ2) is 9.90. The number of furan rings is 1. The van der Waals surface area contributed by atoms with Crippen molar-refractivity contribution in [2.24, 2.45) is 0 Å². The Morgan fingerprint density at radius 3 is 1.66 bits per heavy atom. The van der Waals surface area contributed by atoms with Gasteiger partial charge in [0.2, 0.25) is 0 Å². The van der Waals surface area contributed by atoms with Crippen molar-refractivity contribution in [3.63, 3.8) is 0 Å². The van der Waals surface area contributed by atoms with Crippen molar-refractivity contribution in [1.82, 2.24) is 9.13 Å². The Morgan fingerprint density at radius 2 is 1.14 bits per heavy atom. The van der Waals surface area contributed by atoms with Crippen molar-refractivity contribution in [2.45, 2.75) is 0 Å². The molecule has 8 rings (SSSR count). The Labute approximate surface area is 251 Å². The summed E-state index contributed by atoms with van der Waals surface area (Å²) in [5.74, 6) is -0.366. The maximum absolute atomic E-state index is 11.3. The summed E-state index contributed by atoms with van der Waals surface area (Å²) < 4.78 is 10.5. The smallest absolute Gasteiger partial charge is 0.333 e. The van der Waals surface area contributed by atoms with Crippen molar-refractivity contribution in [2.75, 3.05) is 0 Å². The van der Waals surface area contributed by atoms with Crippen LogP contribution in [0.15, 0.2) is 138 Å². The van der Waals surface area contributed by atoms with Gasteiger partial charge in [-0.3, -0.25) is 4.79 Å². The summed E-state index contributed by atoms with van der Waals surface area (Å²) in [7, 11) is 0. The molecular formula is C38H23N3O3. The molecule has 6 heteroatoms. The molecule has 0 aliphatic carbocycles. The number of para-hydroxylation sites is 3. The molecule has 0 amide bonds. The Hall–Kier alpha value is -6.32. The van der Waals surface area contributed by atoms with E-state index in [0.717, 1.165) is 38.7 Å². The van der Waals surface area contributed by atoms with Crippen LogP contribution >= 0.6 is 0 Å². The fraction of sp³-hybridized carbons (Fsp3) is 0. The number of benzene rings is 5. The summed E-state index contributed by atoms with van der Waals surface area (Å²) in [5, 5.41) is 13.9. The molecule has 6 nitrogen and oxygen atoms in total. The van der Waals surface area contributed by atoms with Crippen LogP contribution in [0.1, 0.15) is 5.76 Å². The molecule has 0 spiro atoms. The Kier molecular flexibility index (Phi) is 5.71. The first-order chi connectivity index (χ1) is 21.6. The van der Waals surface area contributed by atoms with Gasteiger partial charge in [0.1, 0.15) is 11.5 Å². The molecule has 0 atom stereocenters. The number of hydrogen-bond acceptors (Lipinski definition) is 2. The van der Waals surface area contributed by atoms with Crippen molar-refractivity contribution < 1.29 is 14.3 Å². The number of nitrogens with zero attached hydrogens (tertiary/aromatic N) is 3. The summed E-state index contributed by atoms with van der Waals surface area (Å²) in [6.07, 6.45) is 1.24. The molecule has 0 unspecified atom stereocenters. The first kappa shape index (κ1) is 25.4. The Morgan fingerprint density at radius 1 is 0.636 bits per heavy atom. The van der Waals surface area contributed by atoms with Gasteiger partial charge in [-0.05, 0) is 78.9 Å². The average Bonchev–Trinajstić information content (AvgIpc) is 3.76. The molecule has 3 heterocycles. The van der Waals surface area contributed by atoms with Gasteiger partial charge >= 0.3 is 5.97 Å². The summed E-state index contributed by atoms with van der Waals surface area (Å²) in [6.45, 7) is 7.09. The van der Waals surface area contributed by atoms with E-state index in [4.69, 9.17) is 11.0 Å². The van der Waals surface area contributed by atoms with Crippen LogP contribution in [0.3, 0.4) is 0 Å². The number of fused-ring (bicyclic) bond motifs is 6. The third-order valence-electron chi connectivity index (χ3n) is 8.15. The first-order valence-corrected chi connectivity index (χ1v) is 14.2. The molecule has 208 valence electrons. The molecule has 5 aromatic carbocycles. The predicted octanol–water partition coefficient (Wildman–Crippen LogP) is 9.49. The maximum Gasteiger partial charge on any atom is 0.333 e. The number of rotatable bonds is 5. The number of hydrogen-bond donors (Lipinski definition) is 1. The Balaban J connectivity index is 1.24. The van der Waals surface area contributed by atoms with Crippen LogP contribution in [-0.2, 0) is 4.79 Å². The lowest BCUT2D eigenvalue weighted by molar-refractivity contribution is -0.132. The normalized spacial score (nSPS) is 11.9. The van der Waals surface area contributed by atoms with Gasteiger partial charge in [-0.1, -0.05) is 54.6 Å². The lowest BCUT2D eigenvalue weighted by Gasteiger charge is -2.11. The molecular weight excluding hydrogens is 546 g/mol. The largest absolute Gasteiger partial charge is 0.486 e. The molecule has 44 heavy (non-hydrogen) atoms. The van der Waals surface area contributed by atoms with E-state index in [2.05, 4.69) is 111 Å². The van der Waals surface area contributed by atoms with Crippen molar-refractivity contribution >= 4 is 55.7 Å². The van der Waals surface area contributed by atoms with Gasteiger partial charge in [-0.25, -0.2) is 4.85 Å². The fourth-order valence-electron chi connectivity index (χ4n) is 6.22. The zero-order valence-corrected chi connectivity index (χ0v) is 23.3. The highest BCUT2D eigenvalue weighted by atomic mass is 16.4. The molecule has 0 aliphatic rings. The highest BCUT2D eigenvalue weighted by Gasteiger charge is 2.16. The number of aliphatic carboxylic acids is 1. The van der Waals surface area contributed by atoms with Crippen LogP contribution in [0.25, 0.3) is 77.2 Å². The molecule has 0 fully saturated rings. The molecule has 0 bridgehead atoms. The molecule has 0 radical (unpaired) electrons. The fourth-order valence-corrected chi connectivity index (χ4v) is 6.22. The van der Waals surface area contributed by atoms with E-state index in [9.17, 15) is 9.90 Å². The summed E-state index contributed by atoms with van der Waals surface area (Å²) in [4.78, 5) is 14.3. The van der Waals surface area contributed by atoms with Gasteiger partial charge in [-0.15, -0.1) is 0 Å². The van der Waals surface area contributed by atoms with Crippen LogP contribution in [0.4, 0.5) is 0 Å². The predicted molar refractivity (Wildman–Crippen MR) is 175 cm³/mol. The molecule has 0 saturated heterocycles. The van der Waals surface area contributed by atoms with E-state index in [-0.39, 0.29) is 0 Å². The third-order valence-corrected chi connectivity index (χ3v) is 8.15. The monoisotopic (exact) mass is 569 g/mol. The lowest BCUT2D eigenvalue weighted by Crippen LogP contribution is -1.97. The molecule has 0 saturated carbocycles. The quantitative estimate of drug-likeness (QED) is 0.166. The minimum Gasteiger partial charge on any atom is -0.486 e. The molecule has 0 aliphatic heterocycles. The van der Waals surface area contributed by atoms with Gasteiger partial charge in [0, 0.05) is 38.5 Å². The van der Waals surface area contributed by atoms with E-state index >= 15 is 0 Å². The van der Waals surface area contributed by atoms with Gasteiger partial charge in [-0.2, -0.15) is 0 Å². The minimum atomic E-state index is -1.28. The van der Waals surface area contributed by atoms with Gasteiger partial charge in [0.25, 0.3) is 5.70 Å². The highest BCUT2D eigenvalue weighted by molar-refractivity contribution is 6.11. The third kappa shape index (κ3) is 3.92. The van der Waals surface area contributed by atoms with Gasteiger partial charge < -0.3 is 18.7 Å². The summed E-state index contributed by atoms with van der Waals surface area (Å²) in [5.41, 5.74) is 7.13. The topological polar surface area (TPSA) is 64.7 Å². The molecule has 1 N–H and O–H groups in total. The highest BCUT2D eigenvalue weighted by Crippen LogP contribution is 2.37. The second-order valence-corrected chi connectivity index (χ2v) is 10.6. The van der Waals surface area contributed by atoms with E-state index in [1.165, 1.54) is 27.9 Å². The van der Waals surface area contributed by atoms with Gasteiger partial charge in [0.15, 0.2) is 0 Å². The van der Waals surface area contributed by atoms with E-state index < -0.39 is 11.7 Å². The standard InChI is InChI=1S/C38H23N3O3/c1-39-32(38(42)43)23-27-19-21-37(44-27)24-14-20-36-31(22-24)30-10-4-7-13-35(30)41(36)26-17-15-25(16-18-26)40-33-11-5-2-8-28(33)29-9-3-6-12-34(29)40/h2-23H,(H,42,43). The van der Waals surface area contributed by atoms with E-state index in [0.29, 0.717) is 11.5 Å². The van der Waals surface area contributed by atoms with Crippen molar-refractivity contribution in [1.29, 1.82) is 0 Å². The minimum absolute atomic E-state index is 0.319. The van der Waals surface area contributed by atoms with Gasteiger partial charge in [0.05, 0.1) is 28.6 Å². The van der Waals surface area contributed by atoms with Crippen LogP contribution in [-0.4, -0.2) is 20.2 Å². The maximum atomic E-state index is 11.3. The Bertz CT molecular complexity index is 2430. The zero-order chi connectivity index (χ0) is 29.8. The van der Waals surface area contributed by atoms with Crippen LogP contribution < -0.4 is 0 Å². The van der Waals surface area contributed by atoms with Crippen LogP contribution in [0.2, 0.25) is 0 Å². The summed E-state index contributed by atoms with van der Waals surface area (Å²) in [6, 6.07) is 43.7. The van der Waals surface area contributed by atoms with Crippen LogP contribution in [0.5, 0.6) is 0 Å². The average molecular weight is 570 g/mol. The molecule has 3 aromatic heterocycles. The zero-order valence-electron chi connectivity index (χ0n) is 23.3. The number of carbonyl (C=O) groups is 1. The first-order valence-electron chi connectivity index (χ1n) is 14.2. The number of aromatic nitrogens is 2. The van der Waals surface area contributed by atoms with Crippen LogP contribution in [0, 0.1) is 6.57 Å². The van der Waals surface area contributed by atoms with Crippen molar-refractivity contribution in [3.8, 4) is 22.7 Å².